The third-order valence-corrected chi connectivity index (χ3v) is 16.4. The predicted octanol–water partition coefficient (Wildman–Crippen LogP) is 6.28. The predicted molar refractivity (Wildman–Crippen MR) is 322 cm³/mol. The Labute approximate surface area is 509 Å². The smallest absolute Gasteiger partial charge is 0.416 e. The molecule has 0 spiro atoms. The quantitative estimate of drug-likeness (QED) is 0.0409. The summed E-state index contributed by atoms with van der Waals surface area (Å²) in [6.07, 6.45) is -5.50. The Morgan fingerprint density at radius 1 is 0.770 bits per heavy atom. The highest BCUT2D eigenvalue weighted by Gasteiger charge is 2.38. The van der Waals surface area contributed by atoms with Crippen LogP contribution in [0, 0.1) is 12.8 Å². The third-order valence-electron chi connectivity index (χ3n) is 13.9. The van der Waals surface area contributed by atoms with Crippen LogP contribution in [0.5, 0.6) is 5.75 Å². The molecule has 0 radical (unpaired) electrons. The Balaban J connectivity index is 1.37. The number of aliphatic carboxylic acids is 1. The Morgan fingerprint density at radius 2 is 1.44 bits per heavy atom. The number of amides is 8. The monoisotopic (exact) mass is 1250 g/mol. The molecule has 1 heterocycles. The summed E-state index contributed by atoms with van der Waals surface area (Å²) in [4.78, 5) is 127. The van der Waals surface area contributed by atoms with Crippen molar-refractivity contribution in [3.63, 3.8) is 0 Å². The molecule has 21 nitrogen and oxygen atoms in total. The number of aromatic hydroxyl groups is 1. The van der Waals surface area contributed by atoms with Gasteiger partial charge in [0.25, 0.3) is 0 Å². The summed E-state index contributed by atoms with van der Waals surface area (Å²) in [5.74, 6) is -9.11. The molecule has 1 fully saturated rings. The SMILES string of the molecule is Cc1cc(NC(=O)N[C@H](Cc2ccccc2)C(=O)N[C@H]2CSSC[C@@H](C(=O)O)NC(=O)[C@H]([C@@H](C)O)NC(=O)[C@H](CCCCNC(=O)OC(C)(C)C)NC(=O)[C@@H](CC3=CCc4ccccc43)NC(=O)[C@H](Cc3ccc(O)cc3)CC2=O)cc(C(F)(F)F)c1. The highest BCUT2D eigenvalue weighted by Crippen LogP contribution is 2.33. The summed E-state index contributed by atoms with van der Waals surface area (Å²) >= 11 is 0. The van der Waals surface area contributed by atoms with Gasteiger partial charge >= 0.3 is 24.3 Å². The zero-order chi connectivity index (χ0) is 63.6. The molecule has 8 amide bonds. The number of carboxylic acids is 1. The fourth-order valence-electron chi connectivity index (χ4n) is 9.56. The van der Waals surface area contributed by atoms with E-state index in [2.05, 4.69) is 42.5 Å². The van der Waals surface area contributed by atoms with E-state index in [4.69, 9.17) is 4.74 Å². The largest absolute Gasteiger partial charge is 0.508 e. The van der Waals surface area contributed by atoms with E-state index in [1.807, 2.05) is 24.3 Å². The molecule has 1 saturated heterocycles. The number of carbonyl (C=O) groups excluding carboxylic acids is 8. The number of fused-ring (bicyclic) bond motifs is 1. The van der Waals surface area contributed by atoms with Gasteiger partial charge in [-0.1, -0.05) is 94.4 Å². The minimum atomic E-state index is -4.75. The number of urea groups is 1. The van der Waals surface area contributed by atoms with Crippen LogP contribution in [0.25, 0.3) is 5.57 Å². The van der Waals surface area contributed by atoms with Crippen LogP contribution in [0.3, 0.4) is 0 Å². The number of phenolic OH excluding ortho intramolecular Hbond substituents is 1. The first-order valence-corrected chi connectivity index (χ1v) is 30.6. The average Bonchev–Trinajstić information content (AvgIpc) is 2.43. The van der Waals surface area contributed by atoms with Crippen molar-refractivity contribution in [1.29, 1.82) is 0 Å². The number of alkyl halides is 3. The van der Waals surface area contributed by atoms with Crippen LogP contribution < -0.4 is 42.5 Å². The molecular formula is C61H73F3N8O13S2. The van der Waals surface area contributed by atoms with Crippen molar-refractivity contribution in [3.05, 3.63) is 137 Å². The number of aliphatic hydroxyl groups excluding tert-OH is 1. The van der Waals surface area contributed by atoms with Crippen LogP contribution in [0.1, 0.15) is 93.2 Å². The molecule has 468 valence electrons. The second kappa shape index (κ2) is 31.5. The lowest BCUT2D eigenvalue weighted by molar-refractivity contribution is -0.142. The zero-order valence-electron chi connectivity index (χ0n) is 48.6. The fraction of sp³-hybridized carbons (Fsp3) is 0.426. The van der Waals surface area contributed by atoms with E-state index in [0.717, 1.165) is 44.8 Å². The Hall–Kier alpha value is -8.10. The van der Waals surface area contributed by atoms with Crippen molar-refractivity contribution >= 4 is 86.3 Å². The molecule has 0 aromatic heterocycles. The van der Waals surface area contributed by atoms with Crippen LogP contribution in [0.4, 0.5) is 28.4 Å². The van der Waals surface area contributed by atoms with E-state index in [1.165, 1.54) is 44.2 Å². The summed E-state index contributed by atoms with van der Waals surface area (Å²) in [5.41, 5.74) is 1.50. The van der Waals surface area contributed by atoms with Crippen molar-refractivity contribution in [2.24, 2.45) is 5.92 Å². The number of ether oxygens (including phenoxy) is 1. The Morgan fingerprint density at radius 3 is 2.11 bits per heavy atom. The number of aryl methyl sites for hydroxylation is 1. The minimum Gasteiger partial charge on any atom is -0.508 e. The van der Waals surface area contributed by atoms with Crippen molar-refractivity contribution in [2.45, 2.75) is 140 Å². The summed E-state index contributed by atoms with van der Waals surface area (Å²) in [6, 6.07) is 14.0. The van der Waals surface area contributed by atoms with Crippen LogP contribution in [-0.4, -0.2) is 135 Å². The number of alkyl carbamates (subject to hydrolysis) is 1. The maximum Gasteiger partial charge on any atom is 0.416 e. The molecule has 0 bridgehead atoms. The molecule has 0 saturated carbocycles. The number of carbonyl (C=O) groups is 9. The molecular weight excluding hydrogens is 1170 g/mol. The van der Waals surface area contributed by atoms with E-state index in [0.29, 0.717) is 23.1 Å². The molecule has 11 N–H and O–H groups in total. The van der Waals surface area contributed by atoms with E-state index in [1.54, 1.807) is 57.2 Å². The van der Waals surface area contributed by atoms with Crippen LogP contribution >= 0.6 is 21.6 Å². The van der Waals surface area contributed by atoms with E-state index in [-0.39, 0.29) is 67.8 Å². The highest BCUT2D eigenvalue weighted by molar-refractivity contribution is 8.76. The first kappa shape index (κ1) is 68.0. The number of rotatable bonds is 17. The van der Waals surface area contributed by atoms with Crippen molar-refractivity contribution in [3.8, 4) is 5.75 Å². The first-order chi connectivity index (χ1) is 41.1. The van der Waals surface area contributed by atoms with Gasteiger partial charge in [-0.05, 0) is 130 Å². The Kier molecular flexibility index (Phi) is 24.6. The minimum absolute atomic E-state index is 0.0924. The number of aliphatic hydroxyl groups is 1. The van der Waals surface area contributed by atoms with Crippen molar-refractivity contribution in [2.75, 3.05) is 23.4 Å². The topological polar surface area (TPSA) is 320 Å². The molecule has 4 aromatic carbocycles. The molecule has 1 aliphatic heterocycles. The number of Topliss-reactive ketones (excluding diaryl/α,β-unsaturated/α-hetero) is 1. The number of ketones is 1. The van der Waals surface area contributed by atoms with Crippen LogP contribution in [-0.2, 0) is 63.7 Å². The van der Waals surface area contributed by atoms with Gasteiger partial charge in [-0.25, -0.2) is 14.4 Å². The van der Waals surface area contributed by atoms with Crippen molar-refractivity contribution < 1.29 is 76.4 Å². The average molecular weight is 1250 g/mol. The number of nitrogens with one attached hydrogen (secondary N) is 8. The maximum absolute atomic E-state index is 15.1. The van der Waals surface area contributed by atoms with Gasteiger partial charge < -0.3 is 62.6 Å². The van der Waals surface area contributed by atoms with Gasteiger partial charge in [0.15, 0.2) is 5.78 Å². The van der Waals surface area contributed by atoms with Gasteiger partial charge in [-0.15, -0.1) is 0 Å². The summed E-state index contributed by atoms with van der Waals surface area (Å²) in [5, 5.41) is 52.0. The van der Waals surface area contributed by atoms with E-state index >= 15 is 9.59 Å². The summed E-state index contributed by atoms with van der Waals surface area (Å²) in [6.45, 7) is 7.75. The van der Waals surface area contributed by atoms with Gasteiger partial charge in [0.2, 0.25) is 29.5 Å². The lowest BCUT2D eigenvalue weighted by Gasteiger charge is -2.28. The lowest BCUT2D eigenvalue weighted by Crippen LogP contribution is -2.60. The number of unbranched alkanes of at least 4 members (excludes halogenated alkanes) is 1. The molecule has 1 aliphatic carbocycles. The highest BCUT2D eigenvalue weighted by atomic mass is 33.1. The molecule has 0 unspecified atom stereocenters. The summed E-state index contributed by atoms with van der Waals surface area (Å²) in [7, 11) is 1.76. The van der Waals surface area contributed by atoms with Crippen molar-refractivity contribution in [1.82, 2.24) is 37.2 Å². The molecule has 4 aromatic rings. The van der Waals surface area contributed by atoms with Crippen LogP contribution in [0.2, 0.25) is 0 Å². The summed E-state index contributed by atoms with van der Waals surface area (Å²) < 4.78 is 46.7. The number of carboxylic acid groups (broad SMARTS) is 1. The van der Waals surface area contributed by atoms with Crippen LogP contribution in [0.15, 0.2) is 103 Å². The maximum atomic E-state index is 15.1. The zero-order valence-corrected chi connectivity index (χ0v) is 50.2. The molecule has 2 aliphatic rings. The molecule has 6 rings (SSSR count). The second-order valence-electron chi connectivity index (χ2n) is 22.3. The van der Waals surface area contributed by atoms with Gasteiger partial charge in [0, 0.05) is 48.9 Å². The number of benzene rings is 4. The van der Waals surface area contributed by atoms with Gasteiger partial charge in [0.05, 0.1) is 17.7 Å². The van der Waals surface area contributed by atoms with E-state index < -0.39 is 131 Å². The number of hydrogen-bond acceptors (Lipinski definition) is 14. The standard InChI is InChI=1S/C61H73F3N8O13S2/c1-34-25-41(61(62,63)64)31-42(26-34)66-58(83)71-46(28-36-13-7-6-8-14-36)54(78)69-48-32-86-87-33-49(57(81)82)70-56(80)51(35(2)73)72-53(77)45(17-11-12-24-65-59(84)85-60(3,4)5)67-55(79)47(29-39-21-20-38-15-9-10-16-44(38)39)68-52(76)40(30-50(48)75)27-37-18-22-43(74)23-19-37/h6-10,13-16,18-19,21-23,25-26,31,35,40,45-49,51,73-74H,11-12,17,20,24,27-30,32-33H2,1-5H3,(H,65,84)(H,67,79)(H,68,76)(H,69,78)(H,70,80)(H,72,77)(H,81,82)(H2,66,71,83)/t35-,40-,45+,46-,47-,48+,49+,51+/m1/s1. The van der Waals surface area contributed by atoms with Gasteiger partial charge in [-0.2, -0.15) is 13.2 Å². The molecule has 8 atom stereocenters. The van der Waals surface area contributed by atoms with Gasteiger partial charge in [0.1, 0.15) is 41.6 Å². The number of allylic oxidation sites excluding steroid dienone is 1. The number of phenols is 1. The molecule has 87 heavy (non-hydrogen) atoms. The Bertz CT molecular complexity index is 3150. The normalized spacial score (nSPS) is 20.8. The van der Waals surface area contributed by atoms with Gasteiger partial charge in [-0.3, -0.25) is 28.8 Å². The number of hydrogen-bond donors (Lipinski definition) is 11. The lowest BCUT2D eigenvalue weighted by atomic mass is 9.90. The van der Waals surface area contributed by atoms with E-state index in [9.17, 15) is 62.1 Å². The third kappa shape index (κ3) is 21.7. The number of anilines is 1. The second-order valence-corrected chi connectivity index (χ2v) is 24.8. The first-order valence-electron chi connectivity index (χ1n) is 28.1. The number of halogens is 3. The fourth-order valence-corrected chi connectivity index (χ4v) is 11.9. The molecule has 26 heteroatoms.